The van der Waals surface area contributed by atoms with E-state index in [2.05, 4.69) is 10.6 Å². The molecule has 0 radical (unpaired) electrons. The molecule has 1 aromatic carbocycles. The van der Waals surface area contributed by atoms with E-state index in [0.717, 1.165) is 5.56 Å². The van der Waals surface area contributed by atoms with Crippen molar-refractivity contribution in [2.24, 2.45) is 0 Å². The quantitative estimate of drug-likeness (QED) is 0.667. The van der Waals surface area contributed by atoms with E-state index in [9.17, 15) is 19.2 Å². The van der Waals surface area contributed by atoms with Crippen LogP contribution in [0.1, 0.15) is 18.4 Å². The summed E-state index contributed by atoms with van der Waals surface area (Å²) in [5.74, 6) is -0.335. The first-order valence-electron chi connectivity index (χ1n) is 9.92. The molecule has 1 spiro atoms. The number of nitrogens with one attached hydrogen (secondary N) is 2. The maximum atomic E-state index is 13.0. The molecule has 0 bridgehead atoms. The van der Waals surface area contributed by atoms with Crippen molar-refractivity contribution in [2.45, 2.75) is 24.9 Å². The minimum atomic E-state index is -0.923. The van der Waals surface area contributed by atoms with Crippen molar-refractivity contribution in [3.8, 4) is 0 Å². The molecule has 9 nitrogen and oxygen atoms in total. The summed E-state index contributed by atoms with van der Waals surface area (Å²) in [5.41, 5.74) is -0.0283. The molecule has 9 heteroatoms. The molecule has 1 aromatic rings. The first-order valence-corrected chi connectivity index (χ1v) is 9.92. The lowest BCUT2D eigenvalue weighted by atomic mass is 9.87. The molecular formula is C20H25N5O4. The Balaban J connectivity index is 1.34. The highest BCUT2D eigenvalue weighted by atomic mass is 16.2. The lowest BCUT2D eigenvalue weighted by Crippen LogP contribution is -2.57. The van der Waals surface area contributed by atoms with Gasteiger partial charge in [-0.25, -0.2) is 4.79 Å². The first-order chi connectivity index (χ1) is 14.0. The average Bonchev–Trinajstić information content (AvgIpc) is 2.93. The summed E-state index contributed by atoms with van der Waals surface area (Å²) in [6.07, 6.45) is 0.796. The predicted octanol–water partition coefficient (Wildman–Crippen LogP) is -0.469. The standard InChI is InChI=1S/C20H25N5O4/c26-16-13-23(11-8-21-16)14-17(27)24-9-6-20(7-10-24)18(28)25(19(29)22-20)12-15-4-2-1-3-5-15/h1-5H,6-14H2,(H,21,26)(H,22,29). The number of nitrogens with zero attached hydrogens (tertiary/aromatic N) is 3. The Morgan fingerprint density at radius 1 is 1.03 bits per heavy atom. The van der Waals surface area contributed by atoms with E-state index in [1.54, 1.807) is 4.90 Å². The number of benzene rings is 1. The topological polar surface area (TPSA) is 102 Å². The maximum Gasteiger partial charge on any atom is 0.325 e. The maximum absolute atomic E-state index is 13.0. The number of carbonyl (C=O) groups excluding carboxylic acids is 4. The van der Waals surface area contributed by atoms with Crippen LogP contribution in [-0.4, -0.2) is 83.3 Å². The third-order valence-corrected chi connectivity index (χ3v) is 5.88. The third-order valence-electron chi connectivity index (χ3n) is 5.88. The van der Waals surface area contributed by atoms with Crippen molar-refractivity contribution in [2.75, 3.05) is 39.3 Å². The largest absolute Gasteiger partial charge is 0.354 e. The fourth-order valence-electron chi connectivity index (χ4n) is 4.18. The molecule has 0 saturated carbocycles. The van der Waals surface area contributed by atoms with Crippen LogP contribution in [0.2, 0.25) is 0 Å². The van der Waals surface area contributed by atoms with Crippen LogP contribution in [0.25, 0.3) is 0 Å². The van der Waals surface area contributed by atoms with Gasteiger partial charge in [-0.1, -0.05) is 30.3 Å². The smallest absolute Gasteiger partial charge is 0.325 e. The molecule has 3 fully saturated rings. The van der Waals surface area contributed by atoms with Crippen LogP contribution in [0.4, 0.5) is 4.79 Å². The van der Waals surface area contributed by atoms with Crippen LogP contribution in [0.15, 0.2) is 30.3 Å². The molecule has 2 N–H and O–H groups in total. The first kappa shape index (κ1) is 19.4. The lowest BCUT2D eigenvalue weighted by Gasteiger charge is -2.38. The zero-order valence-electron chi connectivity index (χ0n) is 16.2. The van der Waals surface area contributed by atoms with Gasteiger partial charge in [0.2, 0.25) is 11.8 Å². The molecule has 0 aliphatic carbocycles. The van der Waals surface area contributed by atoms with Gasteiger partial charge in [0.15, 0.2) is 0 Å². The highest BCUT2D eigenvalue weighted by Crippen LogP contribution is 2.30. The van der Waals surface area contributed by atoms with Gasteiger partial charge >= 0.3 is 6.03 Å². The van der Waals surface area contributed by atoms with Crippen molar-refractivity contribution in [1.29, 1.82) is 0 Å². The number of amides is 5. The third kappa shape index (κ3) is 3.95. The number of carbonyl (C=O) groups is 4. The average molecular weight is 399 g/mol. The van der Waals surface area contributed by atoms with E-state index >= 15 is 0 Å². The molecule has 0 atom stereocenters. The van der Waals surface area contributed by atoms with E-state index in [4.69, 9.17) is 0 Å². The Kier molecular flexibility index (Phi) is 5.23. The van der Waals surface area contributed by atoms with Crippen LogP contribution in [0, 0.1) is 0 Å². The van der Waals surface area contributed by atoms with Crippen LogP contribution in [0.3, 0.4) is 0 Å². The van der Waals surface area contributed by atoms with Gasteiger partial charge < -0.3 is 15.5 Å². The molecule has 0 aromatic heterocycles. The summed E-state index contributed by atoms with van der Waals surface area (Å²) in [6.45, 7) is 2.68. The molecule has 3 aliphatic rings. The van der Waals surface area contributed by atoms with E-state index < -0.39 is 5.54 Å². The van der Waals surface area contributed by atoms with Crippen LogP contribution >= 0.6 is 0 Å². The summed E-state index contributed by atoms with van der Waals surface area (Å²) in [4.78, 5) is 54.3. The Hall–Kier alpha value is -2.94. The van der Waals surface area contributed by atoms with E-state index in [-0.39, 0.29) is 43.4 Å². The number of imide groups is 1. The molecule has 3 saturated heterocycles. The summed E-state index contributed by atoms with van der Waals surface area (Å²) in [6, 6.07) is 9.03. The van der Waals surface area contributed by atoms with E-state index in [0.29, 0.717) is 39.0 Å². The summed E-state index contributed by atoms with van der Waals surface area (Å²) in [7, 11) is 0. The van der Waals surface area contributed by atoms with Crippen LogP contribution < -0.4 is 10.6 Å². The van der Waals surface area contributed by atoms with Gasteiger partial charge in [0, 0.05) is 26.2 Å². The van der Waals surface area contributed by atoms with Gasteiger partial charge in [-0.15, -0.1) is 0 Å². The van der Waals surface area contributed by atoms with Crippen molar-refractivity contribution >= 4 is 23.8 Å². The number of rotatable bonds is 4. The Bertz CT molecular complexity index is 819. The molecule has 3 aliphatic heterocycles. The molecule has 154 valence electrons. The Morgan fingerprint density at radius 3 is 2.45 bits per heavy atom. The molecule has 5 amide bonds. The number of hydrogen-bond acceptors (Lipinski definition) is 5. The number of piperidine rings is 1. The zero-order chi connectivity index (χ0) is 20.4. The van der Waals surface area contributed by atoms with Crippen LogP contribution in [-0.2, 0) is 20.9 Å². The van der Waals surface area contributed by atoms with Gasteiger partial charge in [0.05, 0.1) is 19.6 Å². The molecular weight excluding hydrogens is 374 g/mol. The monoisotopic (exact) mass is 399 g/mol. The van der Waals surface area contributed by atoms with Gasteiger partial charge in [0.25, 0.3) is 5.91 Å². The van der Waals surface area contributed by atoms with Crippen LogP contribution in [0.5, 0.6) is 0 Å². The second-order valence-corrected chi connectivity index (χ2v) is 7.83. The number of hydrogen-bond donors (Lipinski definition) is 2. The number of piperazine rings is 1. The Morgan fingerprint density at radius 2 is 1.76 bits per heavy atom. The van der Waals surface area contributed by atoms with Gasteiger partial charge in [-0.3, -0.25) is 24.2 Å². The second kappa shape index (κ2) is 7.82. The lowest BCUT2D eigenvalue weighted by molar-refractivity contribution is -0.140. The van der Waals surface area contributed by atoms with Crippen molar-refractivity contribution in [3.05, 3.63) is 35.9 Å². The fraction of sp³-hybridized carbons (Fsp3) is 0.500. The van der Waals surface area contributed by atoms with Gasteiger partial charge in [0.1, 0.15) is 5.54 Å². The molecule has 3 heterocycles. The zero-order valence-corrected chi connectivity index (χ0v) is 16.2. The predicted molar refractivity (Wildman–Crippen MR) is 104 cm³/mol. The SMILES string of the molecule is O=C1CN(CC(=O)N2CCC3(CC2)NC(=O)N(Cc2ccccc2)C3=O)CCN1. The summed E-state index contributed by atoms with van der Waals surface area (Å²) in [5, 5.41) is 5.61. The highest BCUT2D eigenvalue weighted by molar-refractivity contribution is 6.07. The summed E-state index contributed by atoms with van der Waals surface area (Å²) < 4.78 is 0. The van der Waals surface area contributed by atoms with Crippen molar-refractivity contribution in [3.63, 3.8) is 0 Å². The second-order valence-electron chi connectivity index (χ2n) is 7.83. The van der Waals surface area contributed by atoms with Crippen molar-refractivity contribution in [1.82, 2.24) is 25.3 Å². The van der Waals surface area contributed by atoms with Gasteiger partial charge in [-0.2, -0.15) is 0 Å². The Labute approximate surface area is 169 Å². The van der Waals surface area contributed by atoms with Crippen molar-refractivity contribution < 1.29 is 19.2 Å². The fourth-order valence-corrected chi connectivity index (χ4v) is 4.18. The minimum absolute atomic E-state index is 0.0486. The summed E-state index contributed by atoms with van der Waals surface area (Å²) >= 11 is 0. The highest BCUT2D eigenvalue weighted by Gasteiger charge is 2.52. The van der Waals surface area contributed by atoms with E-state index in [1.165, 1.54) is 4.90 Å². The molecule has 4 rings (SSSR count). The van der Waals surface area contributed by atoms with E-state index in [1.807, 2.05) is 35.2 Å². The molecule has 29 heavy (non-hydrogen) atoms. The minimum Gasteiger partial charge on any atom is -0.354 e. The normalized spacial score (nSPS) is 22.0. The number of urea groups is 1. The van der Waals surface area contributed by atoms with Gasteiger partial charge in [-0.05, 0) is 18.4 Å². The molecule has 0 unspecified atom stereocenters. The number of likely N-dealkylation sites (tertiary alicyclic amines) is 1.